The summed E-state index contributed by atoms with van der Waals surface area (Å²) in [7, 11) is 0. The van der Waals surface area contributed by atoms with Crippen LogP contribution in [0.25, 0.3) is 11.4 Å². The fraction of sp³-hybridized carbons (Fsp3) is 0.375. The minimum absolute atomic E-state index is 0.106. The van der Waals surface area contributed by atoms with Crippen LogP contribution in [0.5, 0.6) is 0 Å². The number of thioether (sulfide) groups is 1. The quantitative estimate of drug-likeness (QED) is 0.600. The lowest BCUT2D eigenvalue weighted by atomic mass is 10.2. The highest BCUT2D eigenvalue weighted by atomic mass is 32.2. The Morgan fingerprint density at radius 2 is 2.32 bits per heavy atom. The number of unbranched alkanes of at least 4 members (excludes halogenated alkanes) is 1. The van der Waals surface area contributed by atoms with Crippen LogP contribution in [0.3, 0.4) is 0 Å². The van der Waals surface area contributed by atoms with Crippen LogP contribution in [0, 0.1) is 6.92 Å². The Balaban J connectivity index is 1.73. The van der Waals surface area contributed by atoms with Gasteiger partial charge in [0.1, 0.15) is 5.76 Å². The van der Waals surface area contributed by atoms with Gasteiger partial charge < -0.3 is 14.3 Å². The van der Waals surface area contributed by atoms with Crippen LogP contribution >= 0.6 is 23.1 Å². The van der Waals surface area contributed by atoms with Crippen LogP contribution in [0.15, 0.2) is 33.5 Å². The molecule has 0 fully saturated rings. The first-order valence-corrected chi connectivity index (χ1v) is 9.85. The third-order valence-corrected chi connectivity index (χ3v) is 5.22. The average molecular weight is 377 g/mol. The van der Waals surface area contributed by atoms with Gasteiger partial charge in [0, 0.05) is 18.1 Å². The van der Waals surface area contributed by atoms with E-state index in [1.165, 1.54) is 23.1 Å². The van der Waals surface area contributed by atoms with Crippen LogP contribution in [0.4, 0.5) is 5.13 Å². The molecular formula is C16H19N5O2S2. The molecule has 0 saturated carbocycles. The van der Waals surface area contributed by atoms with E-state index in [4.69, 9.17) is 4.42 Å². The maximum absolute atomic E-state index is 12.1. The first-order chi connectivity index (χ1) is 12.2. The topological polar surface area (TPSA) is 85.8 Å². The van der Waals surface area contributed by atoms with E-state index < -0.39 is 0 Å². The highest BCUT2D eigenvalue weighted by molar-refractivity contribution is 7.99. The number of hydrogen-bond acceptors (Lipinski definition) is 7. The van der Waals surface area contributed by atoms with Gasteiger partial charge in [0.2, 0.25) is 5.91 Å². The van der Waals surface area contributed by atoms with Crippen LogP contribution in [0.1, 0.15) is 25.5 Å². The van der Waals surface area contributed by atoms with E-state index in [-0.39, 0.29) is 11.7 Å². The molecule has 3 aromatic heterocycles. The molecule has 0 atom stereocenters. The van der Waals surface area contributed by atoms with Crippen LogP contribution in [-0.4, -0.2) is 31.4 Å². The van der Waals surface area contributed by atoms with E-state index in [0.29, 0.717) is 5.13 Å². The fourth-order valence-corrected chi connectivity index (χ4v) is 3.61. The van der Waals surface area contributed by atoms with Crippen molar-refractivity contribution in [2.45, 2.75) is 38.4 Å². The van der Waals surface area contributed by atoms with Gasteiger partial charge in [0.15, 0.2) is 16.1 Å². The van der Waals surface area contributed by atoms with Gasteiger partial charge in [-0.2, -0.15) is 0 Å². The zero-order valence-electron chi connectivity index (χ0n) is 14.1. The van der Waals surface area contributed by atoms with E-state index in [9.17, 15) is 4.79 Å². The lowest BCUT2D eigenvalue weighted by molar-refractivity contribution is -0.113. The van der Waals surface area contributed by atoms with Crippen molar-refractivity contribution in [1.82, 2.24) is 19.7 Å². The van der Waals surface area contributed by atoms with Crippen molar-refractivity contribution < 1.29 is 9.21 Å². The van der Waals surface area contributed by atoms with Gasteiger partial charge in [-0.1, -0.05) is 25.1 Å². The predicted octanol–water partition coefficient (Wildman–Crippen LogP) is 3.83. The number of carbonyl (C=O) groups is 1. The SMILES string of the molecule is CCCCn1c(SCC(=O)Nc2nccs2)nnc1-c1ccoc1C. The molecule has 1 N–H and O–H groups in total. The van der Waals surface area contributed by atoms with E-state index in [0.717, 1.165) is 41.7 Å². The highest BCUT2D eigenvalue weighted by Gasteiger charge is 2.18. The second kappa shape index (κ2) is 8.30. The second-order valence-electron chi connectivity index (χ2n) is 5.38. The number of carbonyl (C=O) groups excluding carboxylic acids is 1. The molecule has 1 amide bonds. The molecule has 0 spiro atoms. The highest BCUT2D eigenvalue weighted by Crippen LogP contribution is 2.27. The van der Waals surface area contributed by atoms with Gasteiger partial charge in [-0.05, 0) is 19.4 Å². The van der Waals surface area contributed by atoms with Crippen molar-refractivity contribution in [1.29, 1.82) is 0 Å². The van der Waals surface area contributed by atoms with Crippen LogP contribution < -0.4 is 5.32 Å². The Bertz CT molecular complexity index is 826. The zero-order chi connectivity index (χ0) is 17.6. The lowest BCUT2D eigenvalue weighted by Gasteiger charge is -2.09. The summed E-state index contributed by atoms with van der Waals surface area (Å²) in [5.74, 6) is 1.74. The van der Waals surface area contributed by atoms with Gasteiger partial charge in [-0.15, -0.1) is 21.5 Å². The number of hydrogen-bond donors (Lipinski definition) is 1. The van der Waals surface area contributed by atoms with E-state index >= 15 is 0 Å². The maximum Gasteiger partial charge on any atom is 0.236 e. The molecule has 0 saturated heterocycles. The number of anilines is 1. The largest absolute Gasteiger partial charge is 0.469 e. The summed E-state index contributed by atoms with van der Waals surface area (Å²) in [5.41, 5.74) is 0.933. The number of furan rings is 1. The van der Waals surface area contributed by atoms with Crippen molar-refractivity contribution in [3.8, 4) is 11.4 Å². The molecule has 0 aliphatic carbocycles. The average Bonchev–Trinajstić information content (AvgIpc) is 3.32. The fourth-order valence-electron chi connectivity index (χ4n) is 2.30. The van der Waals surface area contributed by atoms with Crippen molar-refractivity contribution in [2.24, 2.45) is 0 Å². The number of nitrogens with one attached hydrogen (secondary N) is 1. The molecular weight excluding hydrogens is 358 g/mol. The molecule has 3 heterocycles. The number of nitrogens with zero attached hydrogens (tertiary/aromatic N) is 4. The maximum atomic E-state index is 12.1. The third kappa shape index (κ3) is 4.29. The molecule has 3 aromatic rings. The standard InChI is InChI=1S/C16H19N5O2S2/c1-3-4-7-21-14(12-5-8-23-11(12)2)19-20-16(21)25-10-13(22)18-15-17-6-9-24-15/h5-6,8-9H,3-4,7,10H2,1-2H3,(H,17,18,22). The Hall–Kier alpha value is -2.13. The van der Waals surface area contributed by atoms with Crippen LogP contribution in [-0.2, 0) is 11.3 Å². The van der Waals surface area contributed by atoms with Gasteiger partial charge in [-0.3, -0.25) is 4.79 Å². The summed E-state index contributed by atoms with van der Waals surface area (Å²) in [6.45, 7) is 4.85. The number of amides is 1. The Morgan fingerprint density at radius 1 is 1.44 bits per heavy atom. The van der Waals surface area contributed by atoms with Gasteiger partial charge in [0.25, 0.3) is 0 Å². The first-order valence-electron chi connectivity index (χ1n) is 7.99. The minimum atomic E-state index is -0.106. The zero-order valence-corrected chi connectivity index (χ0v) is 15.7. The summed E-state index contributed by atoms with van der Waals surface area (Å²) >= 11 is 2.77. The smallest absolute Gasteiger partial charge is 0.236 e. The lowest BCUT2D eigenvalue weighted by Crippen LogP contribution is -2.14. The summed E-state index contributed by atoms with van der Waals surface area (Å²) in [5, 5.41) is 14.5. The normalized spacial score (nSPS) is 11.0. The number of rotatable bonds is 8. The minimum Gasteiger partial charge on any atom is -0.469 e. The van der Waals surface area contributed by atoms with E-state index in [2.05, 4.69) is 32.0 Å². The third-order valence-electron chi connectivity index (χ3n) is 3.56. The Kier molecular flexibility index (Phi) is 5.87. The van der Waals surface area contributed by atoms with Crippen LogP contribution in [0.2, 0.25) is 0 Å². The molecule has 0 aliphatic rings. The molecule has 0 bridgehead atoms. The monoisotopic (exact) mass is 377 g/mol. The van der Waals surface area contributed by atoms with Crippen molar-refractivity contribution in [2.75, 3.05) is 11.1 Å². The summed E-state index contributed by atoms with van der Waals surface area (Å²) in [4.78, 5) is 16.1. The first kappa shape index (κ1) is 17.7. The second-order valence-corrected chi connectivity index (χ2v) is 7.21. The van der Waals surface area contributed by atoms with E-state index in [1.54, 1.807) is 12.5 Å². The Morgan fingerprint density at radius 3 is 3.00 bits per heavy atom. The molecule has 9 heteroatoms. The predicted molar refractivity (Wildman–Crippen MR) is 98.8 cm³/mol. The van der Waals surface area contributed by atoms with Crippen molar-refractivity contribution >= 4 is 34.1 Å². The molecule has 0 radical (unpaired) electrons. The molecule has 7 nitrogen and oxygen atoms in total. The van der Waals surface area contributed by atoms with Gasteiger partial charge >= 0.3 is 0 Å². The molecule has 25 heavy (non-hydrogen) atoms. The summed E-state index contributed by atoms with van der Waals surface area (Å²) in [6.07, 6.45) is 5.39. The van der Waals surface area contributed by atoms with Gasteiger partial charge in [-0.25, -0.2) is 4.98 Å². The Labute approximate surface area is 153 Å². The van der Waals surface area contributed by atoms with Crippen molar-refractivity contribution in [3.63, 3.8) is 0 Å². The number of aryl methyl sites for hydroxylation is 1. The molecule has 0 aliphatic heterocycles. The molecule has 0 unspecified atom stereocenters. The van der Waals surface area contributed by atoms with E-state index in [1.807, 2.05) is 18.4 Å². The molecule has 3 rings (SSSR count). The molecule has 0 aromatic carbocycles. The number of aromatic nitrogens is 4. The van der Waals surface area contributed by atoms with Crippen molar-refractivity contribution in [3.05, 3.63) is 29.7 Å². The molecule has 132 valence electrons. The van der Waals surface area contributed by atoms with Gasteiger partial charge in [0.05, 0.1) is 17.6 Å². The summed E-state index contributed by atoms with van der Waals surface area (Å²) < 4.78 is 7.44. The summed E-state index contributed by atoms with van der Waals surface area (Å²) in [6, 6.07) is 1.89. The number of thiazole rings is 1.